The van der Waals surface area contributed by atoms with Gasteiger partial charge in [0, 0.05) is 0 Å². The van der Waals surface area contributed by atoms with E-state index in [4.69, 9.17) is 5.11 Å². The standard InChI is InChI=1S/C9H11NO3S/c1-4-3-9(2)5(8(12)13)6(14-4)7(11)10-9/h3,5-6H,1-2H3,(H,10,11)(H,12,13). The van der Waals surface area contributed by atoms with Crippen molar-refractivity contribution in [1.29, 1.82) is 0 Å². The molecule has 2 bridgehead atoms. The Kier molecular flexibility index (Phi) is 1.89. The van der Waals surface area contributed by atoms with Gasteiger partial charge in [0.2, 0.25) is 5.91 Å². The zero-order chi connectivity index (χ0) is 10.5. The first-order valence-electron chi connectivity index (χ1n) is 4.35. The van der Waals surface area contributed by atoms with Crippen molar-refractivity contribution in [3.63, 3.8) is 0 Å². The van der Waals surface area contributed by atoms with Gasteiger partial charge in [-0.3, -0.25) is 9.59 Å². The SMILES string of the molecule is CC1=CC2(C)NC(=O)C(S1)C2C(=O)O. The first-order chi connectivity index (χ1) is 6.44. The molecule has 2 aliphatic heterocycles. The van der Waals surface area contributed by atoms with E-state index in [1.807, 2.05) is 13.0 Å². The summed E-state index contributed by atoms with van der Waals surface area (Å²) < 4.78 is 0. The van der Waals surface area contributed by atoms with Crippen LogP contribution in [0.1, 0.15) is 13.8 Å². The fraction of sp³-hybridized carbons (Fsp3) is 0.556. The van der Waals surface area contributed by atoms with Gasteiger partial charge >= 0.3 is 5.97 Å². The van der Waals surface area contributed by atoms with Crippen molar-refractivity contribution in [3.8, 4) is 0 Å². The van der Waals surface area contributed by atoms with Gasteiger partial charge in [0.05, 0.1) is 5.54 Å². The molecule has 5 heteroatoms. The molecule has 14 heavy (non-hydrogen) atoms. The van der Waals surface area contributed by atoms with Crippen LogP contribution in [-0.4, -0.2) is 27.8 Å². The minimum absolute atomic E-state index is 0.169. The van der Waals surface area contributed by atoms with Crippen molar-refractivity contribution in [2.24, 2.45) is 5.92 Å². The van der Waals surface area contributed by atoms with Crippen LogP contribution in [0, 0.1) is 5.92 Å². The van der Waals surface area contributed by atoms with E-state index in [1.165, 1.54) is 11.8 Å². The van der Waals surface area contributed by atoms with Gasteiger partial charge in [0.25, 0.3) is 0 Å². The lowest BCUT2D eigenvalue weighted by Crippen LogP contribution is -2.45. The summed E-state index contributed by atoms with van der Waals surface area (Å²) in [4.78, 5) is 23.5. The number of rotatable bonds is 1. The van der Waals surface area contributed by atoms with Crippen molar-refractivity contribution in [3.05, 3.63) is 11.0 Å². The van der Waals surface area contributed by atoms with Gasteiger partial charge in [-0.15, -0.1) is 11.8 Å². The number of hydrogen-bond acceptors (Lipinski definition) is 3. The van der Waals surface area contributed by atoms with Gasteiger partial charge in [-0.1, -0.05) is 0 Å². The topological polar surface area (TPSA) is 66.4 Å². The second-order valence-electron chi connectivity index (χ2n) is 3.88. The van der Waals surface area contributed by atoms with Gasteiger partial charge in [0.15, 0.2) is 0 Å². The van der Waals surface area contributed by atoms with Gasteiger partial charge in [-0.05, 0) is 24.8 Å². The lowest BCUT2D eigenvalue weighted by atomic mass is 9.86. The summed E-state index contributed by atoms with van der Waals surface area (Å²) in [6.45, 7) is 3.65. The normalized spacial score (nSPS) is 40.4. The summed E-state index contributed by atoms with van der Waals surface area (Å²) in [6, 6.07) is 0. The second-order valence-corrected chi connectivity index (χ2v) is 5.27. The number of nitrogens with one attached hydrogen (secondary N) is 1. The van der Waals surface area contributed by atoms with E-state index in [0.29, 0.717) is 0 Å². The van der Waals surface area contributed by atoms with E-state index in [9.17, 15) is 9.59 Å². The summed E-state index contributed by atoms with van der Waals surface area (Å²) in [5, 5.41) is 11.3. The quantitative estimate of drug-likeness (QED) is 0.669. The number of allylic oxidation sites excluding steroid dienone is 1. The Labute approximate surface area is 85.7 Å². The zero-order valence-electron chi connectivity index (χ0n) is 7.90. The van der Waals surface area contributed by atoms with Gasteiger partial charge in [-0.25, -0.2) is 0 Å². The van der Waals surface area contributed by atoms with Crippen LogP contribution >= 0.6 is 11.8 Å². The van der Waals surface area contributed by atoms with E-state index in [-0.39, 0.29) is 5.91 Å². The molecule has 0 aliphatic carbocycles. The van der Waals surface area contributed by atoms with Crippen LogP contribution in [0.3, 0.4) is 0 Å². The first kappa shape index (κ1) is 9.58. The molecule has 0 aromatic carbocycles. The Bertz CT molecular complexity index is 352. The second kappa shape index (κ2) is 2.76. The molecule has 3 atom stereocenters. The lowest BCUT2D eigenvalue weighted by Gasteiger charge is -2.30. The fourth-order valence-electron chi connectivity index (χ4n) is 2.17. The number of carboxylic acid groups (broad SMARTS) is 1. The highest BCUT2D eigenvalue weighted by atomic mass is 32.2. The molecule has 0 radical (unpaired) electrons. The largest absolute Gasteiger partial charge is 0.481 e. The molecule has 76 valence electrons. The monoisotopic (exact) mass is 213 g/mol. The van der Waals surface area contributed by atoms with Gasteiger partial charge in [-0.2, -0.15) is 0 Å². The number of carboxylic acids is 1. The smallest absolute Gasteiger partial charge is 0.310 e. The van der Waals surface area contributed by atoms with Crippen molar-refractivity contribution >= 4 is 23.6 Å². The summed E-state index contributed by atoms with van der Waals surface area (Å²) in [5.74, 6) is -1.73. The molecule has 1 saturated heterocycles. The number of carbonyl (C=O) groups is 2. The Morgan fingerprint density at radius 1 is 1.71 bits per heavy atom. The molecule has 0 aromatic heterocycles. The van der Waals surface area contributed by atoms with Gasteiger partial charge in [0.1, 0.15) is 11.2 Å². The fourth-order valence-corrected chi connectivity index (χ4v) is 3.58. The summed E-state index contributed by atoms with van der Waals surface area (Å²) >= 11 is 1.34. The Hall–Kier alpha value is -0.970. The molecule has 2 N–H and O–H groups in total. The third-order valence-electron chi connectivity index (χ3n) is 2.68. The summed E-state index contributed by atoms with van der Waals surface area (Å²) in [7, 11) is 0. The van der Waals surface area contributed by atoms with E-state index >= 15 is 0 Å². The molecule has 2 aliphatic rings. The predicted octanol–water partition coefficient (Wildman–Crippen LogP) is 0.595. The molecule has 0 spiro atoms. The van der Waals surface area contributed by atoms with Crippen LogP contribution in [0.15, 0.2) is 11.0 Å². The molecule has 1 fully saturated rings. The molecule has 4 nitrogen and oxygen atoms in total. The van der Waals surface area contributed by atoms with E-state index in [0.717, 1.165) is 4.91 Å². The third kappa shape index (κ3) is 1.15. The highest BCUT2D eigenvalue weighted by Crippen LogP contribution is 2.44. The maximum atomic E-state index is 11.5. The number of aliphatic carboxylic acids is 1. The average molecular weight is 213 g/mol. The molecular formula is C9H11NO3S. The molecule has 0 saturated carbocycles. The number of thioether (sulfide) groups is 1. The van der Waals surface area contributed by atoms with E-state index in [1.54, 1.807) is 6.92 Å². The Morgan fingerprint density at radius 3 is 2.86 bits per heavy atom. The van der Waals surface area contributed by atoms with Crippen LogP contribution in [0.5, 0.6) is 0 Å². The van der Waals surface area contributed by atoms with Crippen molar-refractivity contribution < 1.29 is 14.7 Å². The maximum absolute atomic E-state index is 11.5. The van der Waals surface area contributed by atoms with E-state index < -0.39 is 22.7 Å². The third-order valence-corrected chi connectivity index (χ3v) is 3.91. The van der Waals surface area contributed by atoms with Crippen LogP contribution in [0.4, 0.5) is 0 Å². The zero-order valence-corrected chi connectivity index (χ0v) is 8.72. The minimum Gasteiger partial charge on any atom is -0.481 e. The lowest BCUT2D eigenvalue weighted by molar-refractivity contribution is -0.142. The number of hydrogen-bond donors (Lipinski definition) is 2. The molecule has 2 heterocycles. The predicted molar refractivity (Wildman–Crippen MR) is 52.8 cm³/mol. The first-order valence-corrected chi connectivity index (χ1v) is 5.23. The number of carbonyl (C=O) groups excluding carboxylic acids is 1. The molecule has 0 aromatic rings. The molecular weight excluding hydrogens is 202 g/mol. The van der Waals surface area contributed by atoms with E-state index in [2.05, 4.69) is 5.32 Å². The average Bonchev–Trinajstić information content (AvgIpc) is 2.15. The van der Waals surface area contributed by atoms with Crippen LogP contribution in [0.2, 0.25) is 0 Å². The van der Waals surface area contributed by atoms with Crippen LogP contribution in [0.25, 0.3) is 0 Å². The summed E-state index contributed by atoms with van der Waals surface area (Å²) in [6.07, 6.45) is 1.83. The highest BCUT2D eigenvalue weighted by Gasteiger charge is 2.55. The highest BCUT2D eigenvalue weighted by molar-refractivity contribution is 8.04. The molecule has 1 amide bonds. The Morgan fingerprint density at radius 2 is 2.36 bits per heavy atom. The van der Waals surface area contributed by atoms with Crippen LogP contribution in [-0.2, 0) is 9.59 Å². The van der Waals surface area contributed by atoms with Crippen molar-refractivity contribution in [2.75, 3.05) is 0 Å². The molecule has 2 rings (SSSR count). The summed E-state index contributed by atoms with van der Waals surface area (Å²) in [5.41, 5.74) is -0.705. The van der Waals surface area contributed by atoms with Crippen molar-refractivity contribution in [2.45, 2.75) is 24.6 Å². The van der Waals surface area contributed by atoms with Crippen LogP contribution < -0.4 is 5.32 Å². The number of amides is 1. The maximum Gasteiger partial charge on any atom is 0.310 e. The van der Waals surface area contributed by atoms with Crippen molar-refractivity contribution in [1.82, 2.24) is 5.32 Å². The number of fused-ring (bicyclic) bond motifs is 2. The Balaban J connectivity index is 2.47. The molecule has 3 unspecified atom stereocenters. The minimum atomic E-state index is -0.910. The van der Waals surface area contributed by atoms with Gasteiger partial charge < -0.3 is 10.4 Å².